The standard InChI is InChI=1S/C17H15N5S/c1-18-9-13-6-5-12(8-19-13)15-11-23-17(21-15)14-10-20-22-7-3-2-4-16(14)22/h2-8,10-11,18H,9H2,1H3. The molecule has 0 aliphatic carbocycles. The van der Waals surface area contributed by atoms with Crippen molar-refractivity contribution >= 4 is 16.9 Å². The van der Waals surface area contributed by atoms with Crippen LogP contribution in [-0.4, -0.2) is 26.6 Å². The molecule has 6 heteroatoms. The zero-order valence-electron chi connectivity index (χ0n) is 12.6. The summed E-state index contributed by atoms with van der Waals surface area (Å²) >= 11 is 1.63. The van der Waals surface area contributed by atoms with Crippen LogP contribution in [0.1, 0.15) is 5.69 Å². The Balaban J connectivity index is 1.68. The molecule has 4 heterocycles. The molecule has 0 aliphatic heterocycles. The van der Waals surface area contributed by atoms with Gasteiger partial charge in [-0.2, -0.15) is 5.10 Å². The molecule has 23 heavy (non-hydrogen) atoms. The van der Waals surface area contributed by atoms with Crippen molar-refractivity contribution in [2.24, 2.45) is 0 Å². The van der Waals surface area contributed by atoms with Crippen molar-refractivity contribution in [2.45, 2.75) is 6.54 Å². The number of hydrogen-bond donors (Lipinski definition) is 1. The highest BCUT2D eigenvalue weighted by atomic mass is 32.1. The van der Waals surface area contributed by atoms with E-state index in [-0.39, 0.29) is 0 Å². The molecular formula is C17H15N5S. The Morgan fingerprint density at radius 2 is 2.13 bits per heavy atom. The highest BCUT2D eigenvalue weighted by Crippen LogP contribution is 2.31. The maximum absolute atomic E-state index is 4.76. The number of nitrogens with zero attached hydrogens (tertiary/aromatic N) is 4. The van der Waals surface area contributed by atoms with Crippen molar-refractivity contribution in [3.8, 4) is 21.8 Å². The molecule has 4 rings (SSSR count). The third-order valence-corrected chi connectivity index (χ3v) is 4.52. The molecule has 0 saturated heterocycles. The first-order valence-electron chi connectivity index (χ1n) is 7.33. The first-order chi connectivity index (χ1) is 11.3. The minimum atomic E-state index is 0.769. The fourth-order valence-corrected chi connectivity index (χ4v) is 3.34. The Labute approximate surface area is 137 Å². The quantitative estimate of drug-likeness (QED) is 0.627. The summed E-state index contributed by atoms with van der Waals surface area (Å²) in [5.41, 5.74) is 5.12. The largest absolute Gasteiger partial charge is 0.314 e. The average Bonchev–Trinajstić information content (AvgIpc) is 3.22. The van der Waals surface area contributed by atoms with Crippen molar-refractivity contribution < 1.29 is 0 Å². The Hall–Kier alpha value is -2.57. The molecule has 0 amide bonds. The van der Waals surface area contributed by atoms with Gasteiger partial charge in [0.05, 0.1) is 28.7 Å². The number of hydrogen-bond acceptors (Lipinski definition) is 5. The van der Waals surface area contributed by atoms with E-state index in [1.807, 2.05) is 48.4 Å². The lowest BCUT2D eigenvalue weighted by Crippen LogP contribution is -2.06. The van der Waals surface area contributed by atoms with Crippen LogP contribution in [-0.2, 0) is 6.54 Å². The SMILES string of the molecule is CNCc1ccc(-c2csc(-c3cnn4ccccc34)n2)cn1. The number of aromatic nitrogens is 4. The van der Waals surface area contributed by atoms with Crippen LogP contribution in [0, 0.1) is 0 Å². The fraction of sp³-hybridized carbons (Fsp3) is 0.118. The molecule has 0 unspecified atom stereocenters. The van der Waals surface area contributed by atoms with E-state index in [4.69, 9.17) is 4.98 Å². The van der Waals surface area contributed by atoms with Crippen LogP contribution in [0.2, 0.25) is 0 Å². The maximum Gasteiger partial charge on any atom is 0.127 e. The zero-order chi connectivity index (χ0) is 15.6. The van der Waals surface area contributed by atoms with Gasteiger partial charge in [-0.25, -0.2) is 9.50 Å². The summed E-state index contributed by atoms with van der Waals surface area (Å²) in [5, 5.41) is 10.5. The molecule has 0 atom stereocenters. The average molecular weight is 321 g/mol. The van der Waals surface area contributed by atoms with E-state index in [9.17, 15) is 0 Å². The van der Waals surface area contributed by atoms with E-state index in [1.54, 1.807) is 11.3 Å². The molecule has 5 nitrogen and oxygen atoms in total. The molecule has 4 aromatic rings. The number of nitrogens with one attached hydrogen (secondary N) is 1. The number of rotatable bonds is 4. The van der Waals surface area contributed by atoms with Gasteiger partial charge in [-0.15, -0.1) is 11.3 Å². The van der Waals surface area contributed by atoms with Gasteiger partial charge >= 0.3 is 0 Å². The molecule has 0 saturated carbocycles. The summed E-state index contributed by atoms with van der Waals surface area (Å²) in [6, 6.07) is 10.1. The summed E-state index contributed by atoms with van der Waals surface area (Å²) in [4.78, 5) is 9.21. The summed E-state index contributed by atoms with van der Waals surface area (Å²) in [7, 11) is 1.92. The molecule has 0 spiro atoms. The Morgan fingerprint density at radius 1 is 1.17 bits per heavy atom. The second kappa shape index (κ2) is 5.91. The van der Waals surface area contributed by atoms with Gasteiger partial charge in [-0.3, -0.25) is 4.98 Å². The van der Waals surface area contributed by atoms with Crippen LogP contribution >= 0.6 is 11.3 Å². The first-order valence-corrected chi connectivity index (χ1v) is 8.21. The van der Waals surface area contributed by atoms with Crippen LogP contribution in [0.25, 0.3) is 27.3 Å². The highest BCUT2D eigenvalue weighted by Gasteiger charge is 2.11. The molecular weight excluding hydrogens is 306 g/mol. The topological polar surface area (TPSA) is 55.1 Å². The minimum Gasteiger partial charge on any atom is -0.314 e. The van der Waals surface area contributed by atoms with Crippen LogP contribution < -0.4 is 5.32 Å². The van der Waals surface area contributed by atoms with Gasteiger partial charge in [0.25, 0.3) is 0 Å². The third-order valence-electron chi connectivity index (χ3n) is 3.64. The molecule has 0 aromatic carbocycles. The first kappa shape index (κ1) is 14.0. The second-order valence-electron chi connectivity index (χ2n) is 5.20. The molecule has 4 aromatic heterocycles. The van der Waals surface area contributed by atoms with E-state index in [0.29, 0.717) is 0 Å². The summed E-state index contributed by atoms with van der Waals surface area (Å²) in [6.07, 6.45) is 5.69. The van der Waals surface area contributed by atoms with E-state index in [2.05, 4.69) is 32.9 Å². The van der Waals surface area contributed by atoms with E-state index >= 15 is 0 Å². The van der Waals surface area contributed by atoms with Gasteiger partial charge in [0.2, 0.25) is 0 Å². The lowest BCUT2D eigenvalue weighted by atomic mass is 10.2. The summed E-state index contributed by atoms with van der Waals surface area (Å²) in [6.45, 7) is 0.769. The third kappa shape index (κ3) is 2.62. The van der Waals surface area contributed by atoms with Crippen molar-refractivity contribution in [2.75, 3.05) is 7.05 Å². The van der Waals surface area contributed by atoms with Gasteiger partial charge in [0.1, 0.15) is 5.01 Å². The molecule has 114 valence electrons. The van der Waals surface area contributed by atoms with Crippen molar-refractivity contribution in [3.05, 3.63) is 60.0 Å². The molecule has 0 radical (unpaired) electrons. The minimum absolute atomic E-state index is 0.769. The molecule has 0 fully saturated rings. The Kier molecular flexibility index (Phi) is 3.61. The molecule has 1 N–H and O–H groups in total. The van der Waals surface area contributed by atoms with Crippen molar-refractivity contribution in [3.63, 3.8) is 0 Å². The Bertz CT molecular complexity index is 939. The van der Waals surface area contributed by atoms with Crippen molar-refractivity contribution in [1.29, 1.82) is 0 Å². The smallest absolute Gasteiger partial charge is 0.127 e. The van der Waals surface area contributed by atoms with Crippen LogP contribution in [0.4, 0.5) is 0 Å². The van der Waals surface area contributed by atoms with Crippen LogP contribution in [0.5, 0.6) is 0 Å². The highest BCUT2D eigenvalue weighted by molar-refractivity contribution is 7.13. The van der Waals surface area contributed by atoms with E-state index in [0.717, 1.165) is 39.6 Å². The molecule has 0 bridgehead atoms. The van der Waals surface area contributed by atoms with Gasteiger partial charge in [0, 0.05) is 29.9 Å². The predicted octanol–water partition coefficient (Wildman–Crippen LogP) is 3.24. The number of pyridine rings is 2. The summed E-state index contributed by atoms with van der Waals surface area (Å²) < 4.78 is 1.87. The van der Waals surface area contributed by atoms with E-state index < -0.39 is 0 Å². The lowest BCUT2D eigenvalue weighted by molar-refractivity contribution is 0.791. The lowest BCUT2D eigenvalue weighted by Gasteiger charge is -2.00. The van der Waals surface area contributed by atoms with E-state index in [1.165, 1.54) is 0 Å². The van der Waals surface area contributed by atoms with Crippen LogP contribution in [0.15, 0.2) is 54.3 Å². The number of thiazole rings is 1. The molecule has 0 aliphatic rings. The van der Waals surface area contributed by atoms with Gasteiger partial charge in [-0.1, -0.05) is 6.07 Å². The zero-order valence-corrected chi connectivity index (χ0v) is 13.4. The normalized spacial score (nSPS) is 11.2. The monoisotopic (exact) mass is 321 g/mol. The summed E-state index contributed by atoms with van der Waals surface area (Å²) in [5.74, 6) is 0. The Morgan fingerprint density at radius 3 is 2.96 bits per heavy atom. The van der Waals surface area contributed by atoms with Gasteiger partial charge in [-0.05, 0) is 31.3 Å². The van der Waals surface area contributed by atoms with Crippen LogP contribution in [0.3, 0.4) is 0 Å². The number of fused-ring (bicyclic) bond motifs is 1. The van der Waals surface area contributed by atoms with Gasteiger partial charge < -0.3 is 5.32 Å². The van der Waals surface area contributed by atoms with Gasteiger partial charge in [0.15, 0.2) is 0 Å². The van der Waals surface area contributed by atoms with Crippen molar-refractivity contribution in [1.82, 2.24) is 24.9 Å². The second-order valence-corrected chi connectivity index (χ2v) is 6.05. The fourth-order valence-electron chi connectivity index (χ4n) is 2.49. The maximum atomic E-state index is 4.76. The predicted molar refractivity (Wildman–Crippen MR) is 92.3 cm³/mol.